The van der Waals surface area contributed by atoms with Gasteiger partial charge in [-0.05, 0) is 25.7 Å². The first kappa shape index (κ1) is 18.0. The lowest BCUT2D eigenvalue weighted by molar-refractivity contribution is 0.355. The summed E-state index contributed by atoms with van der Waals surface area (Å²) in [7, 11) is 0. The fourth-order valence-corrected chi connectivity index (χ4v) is 2.69. The Morgan fingerprint density at radius 2 is 1.06 bits per heavy atom. The molecule has 0 aromatic rings. The van der Waals surface area contributed by atoms with Gasteiger partial charge in [-0.25, -0.2) is 0 Å². The molecule has 18 heavy (non-hydrogen) atoms. The van der Waals surface area contributed by atoms with Gasteiger partial charge in [-0.2, -0.15) is 0 Å². The second kappa shape index (κ2) is 13.4. The van der Waals surface area contributed by atoms with Crippen molar-refractivity contribution in [1.82, 2.24) is 0 Å². The van der Waals surface area contributed by atoms with Crippen LogP contribution in [0.25, 0.3) is 0 Å². The topological polar surface area (TPSA) is 26.0 Å². The number of nitrogens with two attached hydrogens (primary N) is 1. The Morgan fingerprint density at radius 1 is 0.667 bits per heavy atom. The molecule has 2 N–H and O–H groups in total. The highest BCUT2D eigenvalue weighted by atomic mass is 14.6. The Labute approximate surface area is 116 Å². The second-order valence-corrected chi connectivity index (χ2v) is 6.02. The van der Waals surface area contributed by atoms with Crippen LogP contribution in [0.2, 0.25) is 0 Å². The maximum Gasteiger partial charge on any atom is 0.00387 e. The van der Waals surface area contributed by atoms with E-state index in [9.17, 15) is 0 Å². The molecular weight excluding hydrogens is 218 g/mol. The Morgan fingerprint density at radius 3 is 1.50 bits per heavy atom. The summed E-state index contributed by atoms with van der Waals surface area (Å²) in [6.07, 6.45) is 16.6. The van der Waals surface area contributed by atoms with Gasteiger partial charge in [-0.3, -0.25) is 0 Å². The maximum absolute atomic E-state index is 6.11. The summed E-state index contributed by atoms with van der Waals surface area (Å²) in [4.78, 5) is 0. The minimum Gasteiger partial charge on any atom is -0.328 e. The van der Waals surface area contributed by atoms with E-state index in [-0.39, 0.29) is 0 Å². The van der Waals surface area contributed by atoms with Crippen LogP contribution in [0.4, 0.5) is 0 Å². The molecule has 1 heteroatoms. The van der Waals surface area contributed by atoms with E-state index in [1.807, 2.05) is 0 Å². The highest BCUT2D eigenvalue weighted by Crippen LogP contribution is 2.20. The van der Waals surface area contributed by atoms with Crippen LogP contribution in [-0.2, 0) is 0 Å². The molecule has 0 heterocycles. The highest BCUT2D eigenvalue weighted by Gasteiger charge is 2.12. The van der Waals surface area contributed by atoms with Crippen molar-refractivity contribution < 1.29 is 0 Å². The van der Waals surface area contributed by atoms with Crippen LogP contribution in [0.1, 0.15) is 97.8 Å². The lowest BCUT2D eigenvalue weighted by Gasteiger charge is -2.20. The largest absolute Gasteiger partial charge is 0.328 e. The normalized spacial score (nSPS) is 14.7. The van der Waals surface area contributed by atoms with Gasteiger partial charge < -0.3 is 5.73 Å². The molecule has 0 aromatic carbocycles. The third kappa shape index (κ3) is 11.1. The van der Waals surface area contributed by atoms with Crippen LogP contribution in [0.15, 0.2) is 0 Å². The molecule has 0 aromatic heterocycles. The molecule has 0 saturated heterocycles. The van der Waals surface area contributed by atoms with Crippen molar-refractivity contribution >= 4 is 0 Å². The molecule has 0 amide bonds. The van der Waals surface area contributed by atoms with E-state index in [1.54, 1.807) is 0 Å². The standard InChI is InChI=1S/C17H37N/c1-4-6-8-10-11-13-15-17(16(3)18)14-12-9-7-5-2/h16-17H,4-15,18H2,1-3H3. The molecule has 0 aliphatic heterocycles. The van der Waals surface area contributed by atoms with E-state index < -0.39 is 0 Å². The fraction of sp³-hybridized carbons (Fsp3) is 1.00. The van der Waals surface area contributed by atoms with E-state index in [2.05, 4.69) is 20.8 Å². The molecule has 0 radical (unpaired) electrons. The number of hydrogen-bond acceptors (Lipinski definition) is 1. The van der Waals surface area contributed by atoms with Crippen LogP contribution in [0.3, 0.4) is 0 Å². The first-order valence-electron chi connectivity index (χ1n) is 8.47. The van der Waals surface area contributed by atoms with E-state index in [4.69, 9.17) is 5.73 Å². The summed E-state index contributed by atoms with van der Waals surface area (Å²) < 4.78 is 0. The quantitative estimate of drug-likeness (QED) is 0.421. The minimum atomic E-state index is 0.391. The van der Waals surface area contributed by atoms with Crippen LogP contribution in [0, 0.1) is 5.92 Å². The van der Waals surface area contributed by atoms with Gasteiger partial charge in [0.15, 0.2) is 0 Å². The molecule has 0 bridgehead atoms. The number of unbranched alkanes of at least 4 members (excludes halogenated alkanes) is 8. The van der Waals surface area contributed by atoms with E-state index in [1.165, 1.54) is 77.0 Å². The number of hydrogen-bond donors (Lipinski definition) is 1. The van der Waals surface area contributed by atoms with Crippen molar-refractivity contribution in [1.29, 1.82) is 0 Å². The van der Waals surface area contributed by atoms with Gasteiger partial charge in [-0.1, -0.05) is 78.1 Å². The van der Waals surface area contributed by atoms with Gasteiger partial charge in [0, 0.05) is 6.04 Å². The Kier molecular flexibility index (Phi) is 13.4. The molecule has 0 spiro atoms. The predicted octanol–water partition coefficient (Wildman–Crippen LogP) is 5.67. The smallest absolute Gasteiger partial charge is 0.00387 e. The van der Waals surface area contributed by atoms with E-state index in [0.717, 1.165) is 5.92 Å². The number of rotatable bonds is 13. The summed E-state index contributed by atoms with van der Waals surface area (Å²) in [5, 5.41) is 0. The molecule has 2 unspecified atom stereocenters. The third-order valence-electron chi connectivity index (χ3n) is 4.10. The molecule has 0 fully saturated rings. The fourth-order valence-electron chi connectivity index (χ4n) is 2.69. The van der Waals surface area contributed by atoms with E-state index in [0.29, 0.717) is 6.04 Å². The summed E-state index contributed by atoms with van der Waals surface area (Å²) in [6.45, 7) is 6.75. The van der Waals surface area contributed by atoms with Gasteiger partial charge in [0.2, 0.25) is 0 Å². The Balaban J connectivity index is 3.51. The monoisotopic (exact) mass is 255 g/mol. The Bertz CT molecular complexity index is 154. The van der Waals surface area contributed by atoms with Crippen LogP contribution in [0.5, 0.6) is 0 Å². The molecule has 110 valence electrons. The summed E-state index contributed by atoms with van der Waals surface area (Å²) in [6, 6.07) is 0.391. The Hall–Kier alpha value is -0.0400. The first-order valence-corrected chi connectivity index (χ1v) is 8.47. The maximum atomic E-state index is 6.11. The lowest BCUT2D eigenvalue weighted by atomic mass is 9.89. The van der Waals surface area contributed by atoms with Crippen molar-refractivity contribution in [3.8, 4) is 0 Å². The second-order valence-electron chi connectivity index (χ2n) is 6.02. The minimum absolute atomic E-state index is 0.391. The van der Waals surface area contributed by atoms with Gasteiger partial charge in [0.1, 0.15) is 0 Å². The molecule has 0 aliphatic rings. The molecule has 2 atom stereocenters. The van der Waals surface area contributed by atoms with E-state index >= 15 is 0 Å². The van der Waals surface area contributed by atoms with Crippen LogP contribution in [-0.4, -0.2) is 6.04 Å². The summed E-state index contributed by atoms with van der Waals surface area (Å²) >= 11 is 0. The average Bonchev–Trinajstić information content (AvgIpc) is 2.35. The summed E-state index contributed by atoms with van der Waals surface area (Å²) in [5.41, 5.74) is 6.11. The van der Waals surface area contributed by atoms with Crippen molar-refractivity contribution in [3.63, 3.8) is 0 Å². The zero-order valence-corrected chi connectivity index (χ0v) is 13.2. The zero-order chi connectivity index (χ0) is 13.6. The van der Waals surface area contributed by atoms with Crippen molar-refractivity contribution in [3.05, 3.63) is 0 Å². The SMILES string of the molecule is CCCCCCCCC(CCCCCC)C(C)N. The van der Waals surface area contributed by atoms with Gasteiger partial charge >= 0.3 is 0 Å². The highest BCUT2D eigenvalue weighted by molar-refractivity contribution is 4.69. The predicted molar refractivity (Wildman–Crippen MR) is 83.9 cm³/mol. The van der Waals surface area contributed by atoms with Crippen molar-refractivity contribution in [2.45, 2.75) is 104 Å². The summed E-state index contributed by atoms with van der Waals surface area (Å²) in [5.74, 6) is 0.771. The third-order valence-corrected chi connectivity index (χ3v) is 4.10. The van der Waals surface area contributed by atoms with Gasteiger partial charge in [0.25, 0.3) is 0 Å². The molecule has 0 aliphatic carbocycles. The van der Waals surface area contributed by atoms with Crippen LogP contribution >= 0.6 is 0 Å². The van der Waals surface area contributed by atoms with Crippen molar-refractivity contribution in [2.24, 2.45) is 11.7 Å². The lowest BCUT2D eigenvalue weighted by Crippen LogP contribution is -2.26. The average molecular weight is 255 g/mol. The molecular formula is C17H37N. The zero-order valence-electron chi connectivity index (χ0n) is 13.2. The first-order chi connectivity index (χ1) is 8.72. The van der Waals surface area contributed by atoms with Gasteiger partial charge in [-0.15, -0.1) is 0 Å². The molecule has 0 rings (SSSR count). The van der Waals surface area contributed by atoms with Gasteiger partial charge in [0.05, 0.1) is 0 Å². The molecule has 0 saturated carbocycles. The van der Waals surface area contributed by atoms with Crippen molar-refractivity contribution in [2.75, 3.05) is 0 Å². The molecule has 1 nitrogen and oxygen atoms in total. The van der Waals surface area contributed by atoms with Crippen LogP contribution < -0.4 is 5.73 Å².